The first-order chi connectivity index (χ1) is 18.1. The quantitative estimate of drug-likeness (QED) is 0.275. The van der Waals surface area contributed by atoms with E-state index >= 15 is 0 Å². The molecule has 3 N–H and O–H groups in total. The number of aryl methyl sites for hydroxylation is 1. The van der Waals surface area contributed by atoms with Gasteiger partial charge in [0.25, 0.3) is 0 Å². The fourth-order valence-corrected chi connectivity index (χ4v) is 4.55. The van der Waals surface area contributed by atoms with Gasteiger partial charge >= 0.3 is 0 Å². The van der Waals surface area contributed by atoms with Crippen LogP contribution in [0.5, 0.6) is 11.6 Å². The van der Waals surface area contributed by atoms with Gasteiger partial charge in [-0.15, -0.1) is 12.3 Å². The zero-order valence-corrected chi connectivity index (χ0v) is 21.3. The molecule has 0 radical (unpaired) electrons. The van der Waals surface area contributed by atoms with Gasteiger partial charge < -0.3 is 20.7 Å². The van der Waals surface area contributed by atoms with E-state index in [0.29, 0.717) is 24.4 Å². The van der Waals surface area contributed by atoms with E-state index in [0.717, 1.165) is 65.0 Å². The summed E-state index contributed by atoms with van der Waals surface area (Å²) in [6.45, 7) is 6.74. The van der Waals surface area contributed by atoms with E-state index in [9.17, 15) is 0 Å². The number of rotatable bonds is 8. The number of benzene rings is 2. The molecule has 0 amide bonds. The van der Waals surface area contributed by atoms with Crippen LogP contribution in [0.4, 0.5) is 11.6 Å². The summed E-state index contributed by atoms with van der Waals surface area (Å²) in [6, 6.07) is 16.4. The molecule has 1 aliphatic rings. The Morgan fingerprint density at radius 2 is 2.03 bits per heavy atom. The Kier molecular flexibility index (Phi) is 7.48. The van der Waals surface area contributed by atoms with E-state index in [1.54, 1.807) is 12.4 Å². The minimum Gasteiger partial charge on any atom is -0.437 e. The highest BCUT2D eigenvalue weighted by molar-refractivity contribution is 5.98. The third kappa shape index (κ3) is 5.65. The number of pyridine rings is 1. The number of terminal acetylenes is 1. The molecule has 7 heteroatoms. The van der Waals surface area contributed by atoms with E-state index in [1.807, 2.05) is 38.1 Å². The number of hydrogen-bond acceptors (Lipinski definition) is 7. The summed E-state index contributed by atoms with van der Waals surface area (Å²) in [7, 11) is 0. The Morgan fingerprint density at radius 1 is 1.11 bits per heavy atom. The molecule has 2 aromatic carbocycles. The van der Waals surface area contributed by atoms with Crippen LogP contribution < -0.4 is 20.7 Å². The van der Waals surface area contributed by atoms with Crippen LogP contribution in [0, 0.1) is 25.2 Å². The number of piperidine rings is 1. The SMILES string of the molecule is C#C[C@@H](C)CNc1cccc2c(Oc3ncccc3-c3ccnc(N[C@H]4CCCNC4)n3)c(C)ccc12. The zero-order valence-electron chi connectivity index (χ0n) is 21.3. The van der Waals surface area contributed by atoms with Crippen LogP contribution in [0.2, 0.25) is 0 Å². The van der Waals surface area contributed by atoms with Gasteiger partial charge in [-0.1, -0.05) is 24.3 Å². The first kappa shape index (κ1) is 24.5. The van der Waals surface area contributed by atoms with Crippen molar-refractivity contribution in [3.05, 3.63) is 66.5 Å². The molecule has 5 rings (SSSR count). The summed E-state index contributed by atoms with van der Waals surface area (Å²) in [5.74, 6) is 4.79. The standard InChI is InChI=1S/C30H32N6O/c1-4-20(2)18-34-26-11-5-9-24-23(26)13-12-21(3)28(24)37-29-25(10-7-16-32-29)27-14-17-33-30(36-27)35-22-8-6-15-31-19-22/h1,5,7,9-14,16-17,20,22,31,34H,6,8,15,18-19H2,2-3H3,(H,33,35,36)/t20-,22+/m1/s1. The van der Waals surface area contributed by atoms with E-state index in [4.69, 9.17) is 16.1 Å². The summed E-state index contributed by atoms with van der Waals surface area (Å²) < 4.78 is 6.54. The lowest BCUT2D eigenvalue weighted by Crippen LogP contribution is -2.38. The van der Waals surface area contributed by atoms with Gasteiger partial charge in [0.15, 0.2) is 0 Å². The average molecular weight is 493 g/mol. The van der Waals surface area contributed by atoms with Crippen molar-refractivity contribution in [2.24, 2.45) is 5.92 Å². The normalized spacial score (nSPS) is 16.1. The molecule has 1 saturated heterocycles. The minimum atomic E-state index is 0.133. The van der Waals surface area contributed by atoms with Crippen LogP contribution in [-0.4, -0.2) is 40.6 Å². The smallest absolute Gasteiger partial charge is 0.228 e. The van der Waals surface area contributed by atoms with Crippen molar-refractivity contribution in [2.75, 3.05) is 30.3 Å². The summed E-state index contributed by atoms with van der Waals surface area (Å²) in [5.41, 5.74) is 3.61. The van der Waals surface area contributed by atoms with Crippen LogP contribution in [0.25, 0.3) is 22.0 Å². The van der Waals surface area contributed by atoms with E-state index in [2.05, 4.69) is 56.1 Å². The van der Waals surface area contributed by atoms with Crippen LogP contribution in [0.15, 0.2) is 60.9 Å². The summed E-state index contributed by atoms with van der Waals surface area (Å²) >= 11 is 0. The topological polar surface area (TPSA) is 84.0 Å². The van der Waals surface area contributed by atoms with Gasteiger partial charge in [0.05, 0.1) is 11.3 Å². The van der Waals surface area contributed by atoms with Gasteiger partial charge in [-0.3, -0.25) is 0 Å². The van der Waals surface area contributed by atoms with Crippen molar-refractivity contribution in [1.29, 1.82) is 0 Å². The Bertz CT molecular complexity index is 1420. The molecule has 7 nitrogen and oxygen atoms in total. The second-order valence-electron chi connectivity index (χ2n) is 9.47. The van der Waals surface area contributed by atoms with Crippen molar-refractivity contribution in [3.8, 4) is 35.2 Å². The summed E-state index contributed by atoms with van der Waals surface area (Å²) in [4.78, 5) is 13.8. The Morgan fingerprint density at radius 3 is 2.86 bits per heavy atom. The minimum absolute atomic E-state index is 0.133. The number of aromatic nitrogens is 3. The maximum atomic E-state index is 6.54. The number of fused-ring (bicyclic) bond motifs is 1. The largest absolute Gasteiger partial charge is 0.437 e. The van der Waals surface area contributed by atoms with Crippen molar-refractivity contribution < 1.29 is 4.74 Å². The molecule has 188 valence electrons. The maximum absolute atomic E-state index is 6.54. The third-order valence-electron chi connectivity index (χ3n) is 6.62. The van der Waals surface area contributed by atoms with Gasteiger partial charge in [0.2, 0.25) is 11.8 Å². The van der Waals surface area contributed by atoms with E-state index in [-0.39, 0.29) is 5.92 Å². The number of nitrogens with zero attached hydrogens (tertiary/aromatic N) is 3. The van der Waals surface area contributed by atoms with Crippen molar-refractivity contribution in [1.82, 2.24) is 20.3 Å². The van der Waals surface area contributed by atoms with Gasteiger partial charge in [-0.25, -0.2) is 15.0 Å². The van der Waals surface area contributed by atoms with Gasteiger partial charge in [0.1, 0.15) is 5.75 Å². The van der Waals surface area contributed by atoms with Crippen LogP contribution in [0.1, 0.15) is 25.3 Å². The van der Waals surface area contributed by atoms with Gasteiger partial charge in [-0.2, -0.15) is 0 Å². The van der Waals surface area contributed by atoms with Crippen molar-refractivity contribution in [2.45, 2.75) is 32.7 Å². The zero-order chi connectivity index (χ0) is 25.6. The number of hydrogen-bond donors (Lipinski definition) is 3. The number of ether oxygens (including phenoxy) is 1. The first-order valence-corrected chi connectivity index (χ1v) is 12.8. The molecule has 2 atom stereocenters. The third-order valence-corrected chi connectivity index (χ3v) is 6.62. The van der Waals surface area contributed by atoms with E-state index < -0.39 is 0 Å². The number of nitrogens with one attached hydrogen (secondary N) is 3. The molecule has 0 spiro atoms. The molecule has 0 saturated carbocycles. The molecule has 37 heavy (non-hydrogen) atoms. The second kappa shape index (κ2) is 11.3. The highest BCUT2D eigenvalue weighted by Gasteiger charge is 2.17. The molecule has 4 aromatic rings. The summed E-state index contributed by atoms with van der Waals surface area (Å²) in [6.07, 6.45) is 11.3. The highest BCUT2D eigenvalue weighted by atomic mass is 16.5. The first-order valence-electron chi connectivity index (χ1n) is 12.8. The molecule has 1 fully saturated rings. The van der Waals surface area contributed by atoms with Crippen molar-refractivity contribution >= 4 is 22.4 Å². The van der Waals surface area contributed by atoms with Crippen molar-refractivity contribution in [3.63, 3.8) is 0 Å². The molecule has 2 aromatic heterocycles. The molecular formula is C30H32N6O. The fraction of sp³-hybridized carbons (Fsp3) is 0.300. The lowest BCUT2D eigenvalue weighted by Gasteiger charge is -2.23. The molecule has 1 aliphatic heterocycles. The molecule has 0 unspecified atom stereocenters. The Labute approximate surface area is 218 Å². The van der Waals surface area contributed by atoms with Crippen LogP contribution >= 0.6 is 0 Å². The monoisotopic (exact) mass is 492 g/mol. The van der Waals surface area contributed by atoms with Crippen LogP contribution in [0.3, 0.4) is 0 Å². The molecule has 0 aliphatic carbocycles. The molecular weight excluding hydrogens is 460 g/mol. The summed E-state index contributed by atoms with van der Waals surface area (Å²) in [5, 5.41) is 12.4. The second-order valence-corrected chi connectivity index (χ2v) is 9.47. The molecule has 3 heterocycles. The predicted molar refractivity (Wildman–Crippen MR) is 150 cm³/mol. The Hall–Kier alpha value is -4.15. The lowest BCUT2D eigenvalue weighted by molar-refractivity contribution is 0.466. The van der Waals surface area contributed by atoms with Gasteiger partial charge in [0, 0.05) is 53.9 Å². The molecule has 0 bridgehead atoms. The average Bonchev–Trinajstić information content (AvgIpc) is 2.94. The highest BCUT2D eigenvalue weighted by Crippen LogP contribution is 2.38. The number of anilines is 2. The predicted octanol–water partition coefficient (Wildman–Crippen LogP) is 5.64. The van der Waals surface area contributed by atoms with E-state index in [1.165, 1.54) is 0 Å². The Balaban J connectivity index is 1.46. The van der Waals surface area contributed by atoms with Crippen LogP contribution in [-0.2, 0) is 0 Å². The van der Waals surface area contributed by atoms with Gasteiger partial charge in [-0.05, 0) is 63.1 Å². The maximum Gasteiger partial charge on any atom is 0.228 e. The lowest BCUT2D eigenvalue weighted by atomic mass is 10.0. The fourth-order valence-electron chi connectivity index (χ4n) is 4.55.